The predicted molar refractivity (Wildman–Crippen MR) is 110 cm³/mol. The SMILES string of the molecule is CCn1c(COc2c(C)cccc2C)nnc1SCc1ccc(Br)cc1. The van der Waals surface area contributed by atoms with E-state index in [0.717, 1.165) is 44.6 Å². The topological polar surface area (TPSA) is 39.9 Å². The van der Waals surface area contributed by atoms with Crippen LogP contribution in [0.4, 0.5) is 0 Å². The summed E-state index contributed by atoms with van der Waals surface area (Å²) >= 11 is 5.16. The first-order valence-electron chi connectivity index (χ1n) is 8.56. The maximum Gasteiger partial charge on any atom is 0.191 e. The van der Waals surface area contributed by atoms with Gasteiger partial charge in [0.2, 0.25) is 0 Å². The molecule has 2 aromatic carbocycles. The smallest absolute Gasteiger partial charge is 0.191 e. The molecule has 0 radical (unpaired) electrons. The number of para-hydroxylation sites is 1. The number of rotatable bonds is 7. The fraction of sp³-hybridized carbons (Fsp3) is 0.300. The summed E-state index contributed by atoms with van der Waals surface area (Å²) in [5, 5.41) is 9.64. The van der Waals surface area contributed by atoms with E-state index in [1.165, 1.54) is 5.56 Å². The average molecular weight is 432 g/mol. The van der Waals surface area contributed by atoms with Crippen molar-refractivity contribution in [3.05, 3.63) is 69.5 Å². The summed E-state index contributed by atoms with van der Waals surface area (Å²) in [6, 6.07) is 14.5. The molecule has 0 fully saturated rings. The zero-order chi connectivity index (χ0) is 18.5. The molecular formula is C20H22BrN3OS. The number of halogens is 1. The number of aromatic nitrogens is 3. The molecule has 0 bridgehead atoms. The first kappa shape index (κ1) is 19.0. The van der Waals surface area contributed by atoms with E-state index >= 15 is 0 Å². The molecule has 136 valence electrons. The minimum atomic E-state index is 0.422. The van der Waals surface area contributed by atoms with Crippen LogP contribution in [0.1, 0.15) is 29.4 Å². The van der Waals surface area contributed by atoms with Crippen molar-refractivity contribution in [2.24, 2.45) is 0 Å². The van der Waals surface area contributed by atoms with Crippen molar-refractivity contribution >= 4 is 27.7 Å². The van der Waals surface area contributed by atoms with Crippen molar-refractivity contribution in [1.29, 1.82) is 0 Å². The van der Waals surface area contributed by atoms with E-state index in [-0.39, 0.29) is 0 Å². The molecule has 0 aliphatic carbocycles. The quantitative estimate of drug-likeness (QED) is 0.459. The van der Waals surface area contributed by atoms with Gasteiger partial charge in [-0.1, -0.05) is 58.0 Å². The lowest BCUT2D eigenvalue weighted by molar-refractivity contribution is 0.284. The van der Waals surface area contributed by atoms with Gasteiger partial charge in [0, 0.05) is 16.8 Å². The molecule has 0 atom stereocenters. The van der Waals surface area contributed by atoms with Gasteiger partial charge in [-0.05, 0) is 49.6 Å². The maximum atomic E-state index is 6.05. The van der Waals surface area contributed by atoms with Crippen molar-refractivity contribution in [3.8, 4) is 5.75 Å². The van der Waals surface area contributed by atoms with Crippen LogP contribution in [0.25, 0.3) is 0 Å². The Kier molecular flexibility index (Phi) is 6.38. The van der Waals surface area contributed by atoms with E-state index in [9.17, 15) is 0 Å². The summed E-state index contributed by atoms with van der Waals surface area (Å²) in [4.78, 5) is 0. The van der Waals surface area contributed by atoms with Gasteiger partial charge >= 0.3 is 0 Å². The van der Waals surface area contributed by atoms with Crippen LogP contribution in [0.15, 0.2) is 52.1 Å². The number of ether oxygens (including phenoxy) is 1. The summed E-state index contributed by atoms with van der Waals surface area (Å²) in [7, 11) is 0. The van der Waals surface area contributed by atoms with Crippen LogP contribution in [0.3, 0.4) is 0 Å². The minimum absolute atomic E-state index is 0.422. The maximum absolute atomic E-state index is 6.05. The molecule has 0 aliphatic rings. The molecule has 0 saturated heterocycles. The molecule has 3 aromatic rings. The molecule has 0 spiro atoms. The summed E-state index contributed by atoms with van der Waals surface area (Å²) in [6.07, 6.45) is 0. The van der Waals surface area contributed by atoms with Crippen molar-refractivity contribution in [2.45, 2.75) is 44.8 Å². The van der Waals surface area contributed by atoms with Gasteiger partial charge in [0.25, 0.3) is 0 Å². The zero-order valence-electron chi connectivity index (χ0n) is 15.2. The first-order valence-corrected chi connectivity index (χ1v) is 10.3. The van der Waals surface area contributed by atoms with Crippen molar-refractivity contribution < 1.29 is 4.74 Å². The van der Waals surface area contributed by atoms with Gasteiger partial charge in [-0.2, -0.15) is 0 Å². The van der Waals surface area contributed by atoms with Gasteiger partial charge in [-0.3, -0.25) is 0 Å². The lowest BCUT2D eigenvalue weighted by Gasteiger charge is -2.12. The Morgan fingerprint density at radius 3 is 2.38 bits per heavy atom. The van der Waals surface area contributed by atoms with E-state index in [1.54, 1.807) is 11.8 Å². The molecule has 0 amide bonds. The molecule has 0 unspecified atom stereocenters. The highest BCUT2D eigenvalue weighted by Gasteiger charge is 2.13. The Balaban J connectivity index is 1.68. The van der Waals surface area contributed by atoms with Crippen LogP contribution < -0.4 is 4.74 Å². The van der Waals surface area contributed by atoms with Gasteiger partial charge in [-0.15, -0.1) is 10.2 Å². The van der Waals surface area contributed by atoms with E-state index in [4.69, 9.17) is 4.74 Å². The molecule has 6 heteroatoms. The molecule has 0 aliphatic heterocycles. The van der Waals surface area contributed by atoms with Gasteiger partial charge in [0.15, 0.2) is 11.0 Å². The van der Waals surface area contributed by atoms with Crippen LogP contribution in [0.5, 0.6) is 5.75 Å². The third kappa shape index (κ3) is 4.48. The monoisotopic (exact) mass is 431 g/mol. The Morgan fingerprint density at radius 2 is 1.73 bits per heavy atom. The number of hydrogen-bond acceptors (Lipinski definition) is 4. The molecule has 26 heavy (non-hydrogen) atoms. The van der Waals surface area contributed by atoms with Crippen LogP contribution in [-0.2, 0) is 18.9 Å². The molecule has 0 saturated carbocycles. The standard InChI is InChI=1S/C20H22BrN3OS/c1-4-24-18(12-25-19-14(2)6-5-7-15(19)3)22-23-20(24)26-13-16-8-10-17(21)11-9-16/h5-11H,4,12-13H2,1-3H3. The Morgan fingerprint density at radius 1 is 1.04 bits per heavy atom. The normalized spacial score (nSPS) is 10.9. The number of nitrogens with zero attached hydrogens (tertiary/aromatic N) is 3. The number of thioether (sulfide) groups is 1. The Bertz CT molecular complexity index is 857. The molecule has 1 heterocycles. The third-order valence-corrected chi connectivity index (χ3v) is 5.71. The lowest BCUT2D eigenvalue weighted by atomic mass is 10.1. The molecular weight excluding hydrogens is 410 g/mol. The van der Waals surface area contributed by atoms with E-state index in [1.807, 2.05) is 6.07 Å². The second-order valence-corrected chi connectivity index (χ2v) is 7.93. The fourth-order valence-electron chi connectivity index (χ4n) is 2.74. The van der Waals surface area contributed by atoms with E-state index < -0.39 is 0 Å². The van der Waals surface area contributed by atoms with Crippen molar-refractivity contribution in [1.82, 2.24) is 14.8 Å². The van der Waals surface area contributed by atoms with Crippen LogP contribution >= 0.6 is 27.7 Å². The first-order chi connectivity index (χ1) is 12.6. The molecule has 1 aromatic heterocycles. The summed E-state index contributed by atoms with van der Waals surface area (Å²) in [6.45, 7) is 7.47. The summed E-state index contributed by atoms with van der Waals surface area (Å²) in [5.41, 5.74) is 3.53. The predicted octanol–water partition coefficient (Wildman–Crippen LogP) is 5.55. The number of hydrogen-bond donors (Lipinski definition) is 0. The van der Waals surface area contributed by atoms with Gasteiger partial charge < -0.3 is 9.30 Å². The van der Waals surface area contributed by atoms with Crippen molar-refractivity contribution in [3.63, 3.8) is 0 Å². The molecule has 0 N–H and O–H groups in total. The van der Waals surface area contributed by atoms with E-state index in [2.05, 4.69) is 87.9 Å². The highest BCUT2D eigenvalue weighted by atomic mass is 79.9. The van der Waals surface area contributed by atoms with Crippen LogP contribution in [-0.4, -0.2) is 14.8 Å². The lowest BCUT2D eigenvalue weighted by Crippen LogP contribution is -2.08. The van der Waals surface area contributed by atoms with Crippen molar-refractivity contribution in [2.75, 3.05) is 0 Å². The molecule has 4 nitrogen and oxygen atoms in total. The third-order valence-electron chi connectivity index (χ3n) is 4.15. The minimum Gasteiger partial charge on any atom is -0.485 e. The largest absolute Gasteiger partial charge is 0.485 e. The molecule has 3 rings (SSSR count). The highest BCUT2D eigenvalue weighted by molar-refractivity contribution is 9.10. The Labute approximate surface area is 167 Å². The van der Waals surface area contributed by atoms with Crippen LogP contribution in [0, 0.1) is 13.8 Å². The highest BCUT2D eigenvalue weighted by Crippen LogP contribution is 2.25. The van der Waals surface area contributed by atoms with Gasteiger partial charge in [0.1, 0.15) is 12.4 Å². The summed E-state index contributed by atoms with van der Waals surface area (Å²) < 4.78 is 9.26. The zero-order valence-corrected chi connectivity index (χ0v) is 17.6. The fourth-order valence-corrected chi connectivity index (χ4v) is 3.98. The second kappa shape index (κ2) is 8.73. The van der Waals surface area contributed by atoms with E-state index in [0.29, 0.717) is 6.61 Å². The number of benzene rings is 2. The van der Waals surface area contributed by atoms with Gasteiger partial charge in [0.05, 0.1) is 0 Å². The summed E-state index contributed by atoms with van der Waals surface area (Å²) in [5.74, 6) is 2.65. The second-order valence-electron chi connectivity index (χ2n) is 6.07. The Hall–Kier alpha value is -1.79. The number of aryl methyl sites for hydroxylation is 2. The average Bonchev–Trinajstić information content (AvgIpc) is 3.03. The van der Waals surface area contributed by atoms with Crippen LogP contribution in [0.2, 0.25) is 0 Å². The van der Waals surface area contributed by atoms with Gasteiger partial charge in [-0.25, -0.2) is 0 Å².